The predicted octanol–water partition coefficient (Wildman–Crippen LogP) is 2.97. The van der Waals surface area contributed by atoms with Crippen LogP contribution in [0.5, 0.6) is 5.75 Å². The average Bonchev–Trinajstić information content (AvgIpc) is 3.53. The molecule has 0 radical (unpaired) electrons. The number of fused-ring (bicyclic) bond motifs is 3. The van der Waals surface area contributed by atoms with Crippen molar-refractivity contribution < 1.29 is 14.6 Å². The number of β-amino-alcohol motifs (C(OH)–C–C–N with tert-alkyl or cyclic N) is 1. The van der Waals surface area contributed by atoms with Crippen molar-refractivity contribution in [1.82, 2.24) is 19.4 Å². The highest BCUT2D eigenvalue weighted by molar-refractivity contribution is 5.76. The molecule has 9 heteroatoms. The monoisotopic (exact) mass is 491 g/mol. The molecule has 3 aromatic rings. The Hall–Kier alpha value is -3.01. The second-order valence-electron chi connectivity index (χ2n) is 10.3. The molecule has 4 atom stereocenters. The first-order valence-corrected chi connectivity index (χ1v) is 13.0. The van der Waals surface area contributed by atoms with E-state index < -0.39 is 6.10 Å². The highest BCUT2D eigenvalue weighted by Gasteiger charge is 2.41. The topological polar surface area (TPSA) is 102 Å². The Balaban J connectivity index is 1.12. The maximum Gasteiger partial charge on any atom is 0.252 e. The van der Waals surface area contributed by atoms with E-state index in [2.05, 4.69) is 15.2 Å². The summed E-state index contributed by atoms with van der Waals surface area (Å²) in [5.41, 5.74) is 1.54. The van der Waals surface area contributed by atoms with E-state index in [4.69, 9.17) is 14.5 Å². The van der Waals surface area contributed by atoms with Crippen molar-refractivity contribution in [2.45, 2.75) is 37.8 Å². The number of rotatable bonds is 8. The van der Waals surface area contributed by atoms with Crippen LogP contribution in [0.25, 0.3) is 11.0 Å². The quantitative estimate of drug-likeness (QED) is 0.496. The molecule has 2 aromatic heterocycles. The number of aliphatic hydroxyl groups excluding tert-OH is 1. The summed E-state index contributed by atoms with van der Waals surface area (Å²) >= 11 is 0. The van der Waals surface area contributed by atoms with E-state index in [1.807, 2.05) is 34.9 Å². The van der Waals surface area contributed by atoms with Crippen LogP contribution in [0.1, 0.15) is 31.7 Å². The summed E-state index contributed by atoms with van der Waals surface area (Å²) in [4.78, 5) is 24.3. The summed E-state index contributed by atoms with van der Waals surface area (Å²) in [6.07, 6.45) is 6.00. The molecule has 2 aliphatic carbocycles. The fourth-order valence-electron chi connectivity index (χ4n) is 6.04. The Morgan fingerprint density at radius 3 is 2.69 bits per heavy atom. The van der Waals surface area contributed by atoms with Gasteiger partial charge in [0.2, 0.25) is 5.95 Å². The molecule has 1 saturated heterocycles. The first-order valence-electron chi connectivity index (χ1n) is 13.0. The number of nitrogens with one attached hydrogen (secondary N) is 1. The molecule has 1 aliphatic heterocycles. The Morgan fingerprint density at radius 1 is 1.11 bits per heavy atom. The van der Waals surface area contributed by atoms with Crippen LogP contribution >= 0.6 is 0 Å². The fraction of sp³-hybridized carbons (Fsp3) is 0.519. The number of hydrogen-bond acceptors (Lipinski definition) is 8. The number of benzene rings is 1. The lowest BCUT2D eigenvalue weighted by Crippen LogP contribution is -2.42. The molecule has 36 heavy (non-hydrogen) atoms. The van der Waals surface area contributed by atoms with Gasteiger partial charge in [0.15, 0.2) is 0 Å². The van der Waals surface area contributed by atoms with Crippen LogP contribution in [0.2, 0.25) is 0 Å². The first kappa shape index (κ1) is 23.4. The Bertz CT molecular complexity index is 1260. The number of aromatic nitrogens is 3. The van der Waals surface area contributed by atoms with Gasteiger partial charge in [-0.2, -0.15) is 4.98 Å². The van der Waals surface area contributed by atoms with Crippen molar-refractivity contribution >= 4 is 22.7 Å². The number of morpholine rings is 1. The van der Waals surface area contributed by atoms with E-state index in [-0.39, 0.29) is 18.2 Å². The van der Waals surface area contributed by atoms with Gasteiger partial charge in [-0.15, -0.1) is 0 Å². The average molecular weight is 492 g/mol. The van der Waals surface area contributed by atoms with Crippen LogP contribution in [0.15, 0.2) is 47.4 Å². The molecule has 4 unspecified atom stereocenters. The molecule has 6 rings (SSSR count). The Kier molecular flexibility index (Phi) is 6.60. The van der Waals surface area contributed by atoms with Crippen molar-refractivity contribution in [3.8, 4) is 5.75 Å². The minimum Gasteiger partial charge on any atom is -0.491 e. The number of pyridine rings is 1. The second kappa shape index (κ2) is 10.2. The summed E-state index contributed by atoms with van der Waals surface area (Å²) in [7, 11) is 0. The maximum absolute atomic E-state index is 12.9. The van der Waals surface area contributed by atoms with E-state index in [0.717, 1.165) is 36.5 Å². The first-order chi connectivity index (χ1) is 17.6. The molecule has 3 fully saturated rings. The normalized spacial score (nSPS) is 24.8. The maximum atomic E-state index is 12.9. The van der Waals surface area contributed by atoms with Gasteiger partial charge in [-0.25, -0.2) is 4.98 Å². The van der Waals surface area contributed by atoms with Gasteiger partial charge in [-0.05, 0) is 61.4 Å². The van der Waals surface area contributed by atoms with Crippen LogP contribution in [-0.2, 0) is 4.74 Å². The number of anilines is 2. The minimum atomic E-state index is -0.556. The summed E-state index contributed by atoms with van der Waals surface area (Å²) in [5, 5.41) is 14.4. The van der Waals surface area contributed by atoms with Crippen molar-refractivity contribution in [3.05, 3.63) is 52.9 Å². The van der Waals surface area contributed by atoms with Gasteiger partial charge in [0.25, 0.3) is 5.56 Å². The third-order valence-corrected chi connectivity index (χ3v) is 7.82. The lowest BCUT2D eigenvalue weighted by molar-refractivity contribution is 0.00466. The standard InChI is InChI=1S/C27H33N5O4/c33-22(16-31-9-11-35-12-10-31)17-36-23-6-4-21(5-7-23)29-27-28-15-20-3-8-25(34)32(26(20)30-27)24-14-18-1-2-19(24)13-18/h3-8,15,18-19,22,24,33H,1-2,9-14,16-17H2,(H,28,29,30). The van der Waals surface area contributed by atoms with E-state index in [1.165, 1.54) is 19.3 Å². The Labute approximate surface area is 210 Å². The van der Waals surface area contributed by atoms with E-state index in [9.17, 15) is 9.90 Å². The second-order valence-corrected chi connectivity index (χ2v) is 10.3. The van der Waals surface area contributed by atoms with E-state index in [1.54, 1.807) is 12.3 Å². The molecular formula is C27H33N5O4. The molecule has 2 bridgehead atoms. The number of hydrogen-bond donors (Lipinski definition) is 2. The van der Waals surface area contributed by atoms with Crippen molar-refractivity contribution in [1.29, 1.82) is 0 Å². The summed E-state index contributed by atoms with van der Waals surface area (Å²) in [6, 6.07) is 11.2. The van der Waals surface area contributed by atoms with Crippen molar-refractivity contribution in [2.24, 2.45) is 11.8 Å². The van der Waals surface area contributed by atoms with Crippen LogP contribution in [0, 0.1) is 11.8 Å². The SMILES string of the molecule is O=c1ccc2cnc(Nc3ccc(OCC(O)CN4CCOCC4)cc3)nc2n1C1CC2CCC1C2. The number of ether oxygens (including phenoxy) is 2. The Morgan fingerprint density at radius 2 is 1.94 bits per heavy atom. The van der Waals surface area contributed by atoms with Crippen molar-refractivity contribution in [3.63, 3.8) is 0 Å². The summed E-state index contributed by atoms with van der Waals surface area (Å²) in [6.45, 7) is 3.91. The van der Waals surface area contributed by atoms with Gasteiger partial charge in [0.05, 0.1) is 13.2 Å². The lowest BCUT2D eigenvalue weighted by atomic mass is 9.95. The molecule has 0 amide bonds. The molecular weight excluding hydrogens is 458 g/mol. The molecule has 3 aliphatic rings. The van der Waals surface area contributed by atoms with Gasteiger partial charge >= 0.3 is 0 Å². The van der Waals surface area contributed by atoms with E-state index >= 15 is 0 Å². The van der Waals surface area contributed by atoms with Crippen molar-refractivity contribution in [2.75, 3.05) is 44.8 Å². The smallest absolute Gasteiger partial charge is 0.252 e. The number of nitrogens with zero attached hydrogens (tertiary/aromatic N) is 4. The molecule has 2 N–H and O–H groups in total. The van der Waals surface area contributed by atoms with Crippen LogP contribution in [-0.4, -0.2) is 70.1 Å². The van der Waals surface area contributed by atoms with Gasteiger partial charge in [0, 0.05) is 49.0 Å². The van der Waals surface area contributed by atoms with Crippen LogP contribution < -0.4 is 15.6 Å². The van der Waals surface area contributed by atoms with Gasteiger partial charge < -0.3 is 19.9 Å². The lowest BCUT2D eigenvalue weighted by Gasteiger charge is -2.28. The highest BCUT2D eigenvalue weighted by Crippen LogP contribution is 2.50. The highest BCUT2D eigenvalue weighted by atomic mass is 16.5. The van der Waals surface area contributed by atoms with Crippen LogP contribution in [0.3, 0.4) is 0 Å². The van der Waals surface area contributed by atoms with Gasteiger partial charge in [-0.1, -0.05) is 6.42 Å². The minimum absolute atomic E-state index is 0.0157. The third-order valence-electron chi connectivity index (χ3n) is 7.82. The molecule has 2 saturated carbocycles. The molecule has 190 valence electrons. The third kappa shape index (κ3) is 4.96. The zero-order chi connectivity index (χ0) is 24.5. The van der Waals surface area contributed by atoms with Crippen LogP contribution in [0.4, 0.5) is 11.6 Å². The summed E-state index contributed by atoms with van der Waals surface area (Å²) < 4.78 is 13.0. The fourth-order valence-corrected chi connectivity index (χ4v) is 6.04. The molecule has 1 aromatic carbocycles. The van der Waals surface area contributed by atoms with Gasteiger partial charge in [0.1, 0.15) is 24.1 Å². The molecule has 0 spiro atoms. The largest absolute Gasteiger partial charge is 0.491 e. The zero-order valence-electron chi connectivity index (χ0n) is 20.4. The zero-order valence-corrected chi connectivity index (χ0v) is 20.4. The number of aliphatic hydroxyl groups is 1. The predicted molar refractivity (Wildman–Crippen MR) is 137 cm³/mol. The van der Waals surface area contributed by atoms with E-state index in [0.29, 0.717) is 43.0 Å². The molecule has 3 heterocycles. The molecule has 9 nitrogen and oxygen atoms in total. The van der Waals surface area contributed by atoms with Gasteiger partial charge in [-0.3, -0.25) is 14.3 Å². The summed E-state index contributed by atoms with van der Waals surface area (Å²) in [5.74, 6) is 2.46.